The zero-order chi connectivity index (χ0) is 27.4. The number of carbonyl (C=O) groups is 1. The van der Waals surface area contributed by atoms with E-state index < -0.39 is 12.3 Å². The minimum Gasteiger partial charge on any atom is -0.406 e. The van der Waals surface area contributed by atoms with Gasteiger partial charge in [0.05, 0.1) is 0 Å². The van der Waals surface area contributed by atoms with Crippen molar-refractivity contribution >= 4 is 16.8 Å². The van der Waals surface area contributed by atoms with Gasteiger partial charge in [-0.2, -0.15) is 0 Å². The van der Waals surface area contributed by atoms with Gasteiger partial charge in [0.2, 0.25) is 5.91 Å². The second kappa shape index (κ2) is 12.0. The number of benzene rings is 2. The van der Waals surface area contributed by atoms with E-state index in [2.05, 4.69) is 26.9 Å². The number of halogens is 3. The third-order valence-corrected chi connectivity index (χ3v) is 8.39. The molecule has 1 atom stereocenters. The van der Waals surface area contributed by atoms with Crippen molar-refractivity contribution in [3.8, 4) is 5.75 Å². The number of amides is 1. The quantitative estimate of drug-likeness (QED) is 0.322. The maximum Gasteiger partial charge on any atom is 0.573 e. The minimum atomic E-state index is -4.79. The lowest BCUT2D eigenvalue weighted by atomic mass is 9.87. The predicted molar refractivity (Wildman–Crippen MR) is 146 cm³/mol. The third-order valence-electron chi connectivity index (χ3n) is 8.39. The molecule has 0 saturated heterocycles. The highest BCUT2D eigenvalue weighted by atomic mass is 19.4. The molecule has 2 aliphatic rings. The highest BCUT2D eigenvalue weighted by Gasteiger charge is 2.32. The fraction of sp³-hybridized carbons (Fsp3) is 0.516. The van der Waals surface area contributed by atoms with Crippen LogP contribution in [-0.4, -0.2) is 28.9 Å². The molecule has 2 saturated carbocycles. The maximum atomic E-state index is 13.4. The lowest BCUT2D eigenvalue weighted by Crippen LogP contribution is -2.40. The van der Waals surface area contributed by atoms with Crippen LogP contribution in [0.5, 0.6) is 5.75 Å². The van der Waals surface area contributed by atoms with Crippen molar-refractivity contribution in [3.63, 3.8) is 0 Å². The standard InChI is InChI=1S/C31H38F3N3O2/c32-31(33,34)39-25-10-6-9-22(17-25)27(18-30(38)36-24-15-13-23(35)14-16-24)28-20-37(19-21-7-2-1-3-8-21)29-12-5-4-11-26(28)29/h4-6,9-12,17,20-21,23-24,27H,1-3,7-8,13-16,18-19,35H2,(H,36,38). The Morgan fingerprint density at radius 2 is 1.74 bits per heavy atom. The number of rotatable bonds is 8. The fourth-order valence-corrected chi connectivity index (χ4v) is 6.42. The average Bonchev–Trinajstić information content (AvgIpc) is 3.26. The summed E-state index contributed by atoms with van der Waals surface area (Å²) in [6.45, 7) is 0.902. The van der Waals surface area contributed by atoms with Crippen molar-refractivity contribution in [1.82, 2.24) is 9.88 Å². The van der Waals surface area contributed by atoms with Crippen LogP contribution in [0.3, 0.4) is 0 Å². The zero-order valence-corrected chi connectivity index (χ0v) is 22.3. The van der Waals surface area contributed by atoms with Crippen LogP contribution < -0.4 is 15.8 Å². The van der Waals surface area contributed by atoms with E-state index in [0.717, 1.165) is 48.7 Å². The Kier molecular flexibility index (Phi) is 8.50. The summed E-state index contributed by atoms with van der Waals surface area (Å²) in [5.74, 6) is -0.208. The van der Waals surface area contributed by atoms with Gasteiger partial charge in [0.15, 0.2) is 0 Å². The fourth-order valence-electron chi connectivity index (χ4n) is 6.42. The minimum absolute atomic E-state index is 0.0745. The number of hydrogen-bond acceptors (Lipinski definition) is 3. The van der Waals surface area contributed by atoms with Gasteiger partial charge in [-0.3, -0.25) is 4.79 Å². The molecule has 2 aliphatic carbocycles. The molecule has 5 nitrogen and oxygen atoms in total. The summed E-state index contributed by atoms with van der Waals surface area (Å²) >= 11 is 0. The van der Waals surface area contributed by atoms with Gasteiger partial charge in [-0.05, 0) is 73.8 Å². The van der Waals surface area contributed by atoms with Crippen molar-refractivity contribution in [2.45, 2.75) is 95.1 Å². The molecule has 39 heavy (non-hydrogen) atoms. The Morgan fingerprint density at radius 1 is 1.00 bits per heavy atom. The number of alkyl halides is 3. The van der Waals surface area contributed by atoms with E-state index >= 15 is 0 Å². The van der Waals surface area contributed by atoms with E-state index in [1.807, 2.05) is 18.2 Å². The van der Waals surface area contributed by atoms with Crippen molar-refractivity contribution in [1.29, 1.82) is 0 Å². The molecule has 2 aromatic carbocycles. The second-order valence-electron chi connectivity index (χ2n) is 11.3. The summed E-state index contributed by atoms with van der Waals surface area (Å²) in [7, 11) is 0. The summed E-state index contributed by atoms with van der Waals surface area (Å²) in [5.41, 5.74) is 8.70. The van der Waals surface area contributed by atoms with Crippen LogP contribution >= 0.6 is 0 Å². The van der Waals surface area contributed by atoms with Crippen molar-refractivity contribution < 1.29 is 22.7 Å². The molecule has 1 heterocycles. The zero-order valence-electron chi connectivity index (χ0n) is 22.3. The summed E-state index contributed by atoms with van der Waals surface area (Å²) in [6.07, 6.45) is 7.09. The van der Waals surface area contributed by atoms with Crippen LogP contribution in [-0.2, 0) is 11.3 Å². The van der Waals surface area contributed by atoms with Gasteiger partial charge in [-0.1, -0.05) is 49.6 Å². The Labute approximate surface area is 227 Å². The predicted octanol–water partition coefficient (Wildman–Crippen LogP) is 7.03. The number of para-hydroxylation sites is 1. The van der Waals surface area contributed by atoms with E-state index in [4.69, 9.17) is 5.73 Å². The molecule has 2 fully saturated rings. The number of nitrogens with two attached hydrogens (primary N) is 1. The number of carbonyl (C=O) groups excluding carboxylic acids is 1. The second-order valence-corrected chi connectivity index (χ2v) is 11.3. The van der Waals surface area contributed by atoms with E-state index in [1.165, 1.54) is 44.2 Å². The van der Waals surface area contributed by atoms with E-state index in [-0.39, 0.29) is 30.2 Å². The molecule has 1 aromatic heterocycles. The van der Waals surface area contributed by atoms with Gasteiger partial charge in [0.25, 0.3) is 0 Å². The van der Waals surface area contributed by atoms with Crippen molar-refractivity contribution in [2.24, 2.45) is 11.7 Å². The molecule has 3 aromatic rings. The Hall–Kier alpha value is -3.00. The number of ether oxygens (including phenoxy) is 1. The molecule has 3 N–H and O–H groups in total. The number of hydrogen-bond donors (Lipinski definition) is 2. The molecule has 5 rings (SSSR count). The molecule has 0 spiro atoms. The molecule has 0 radical (unpaired) electrons. The monoisotopic (exact) mass is 541 g/mol. The lowest BCUT2D eigenvalue weighted by Gasteiger charge is -2.27. The average molecular weight is 542 g/mol. The van der Waals surface area contributed by atoms with E-state index in [9.17, 15) is 18.0 Å². The largest absolute Gasteiger partial charge is 0.573 e. The van der Waals surface area contributed by atoms with Crippen LogP contribution in [0.1, 0.15) is 81.3 Å². The molecule has 8 heteroatoms. The molecule has 1 unspecified atom stereocenters. The van der Waals surface area contributed by atoms with Crippen LogP contribution in [0.2, 0.25) is 0 Å². The first kappa shape index (κ1) is 27.6. The summed E-state index contributed by atoms with van der Waals surface area (Å²) in [4.78, 5) is 13.4. The number of fused-ring (bicyclic) bond motifs is 1. The molecule has 0 aliphatic heterocycles. The van der Waals surface area contributed by atoms with Gasteiger partial charge >= 0.3 is 6.36 Å². The smallest absolute Gasteiger partial charge is 0.406 e. The van der Waals surface area contributed by atoms with Crippen LogP contribution in [0.4, 0.5) is 13.2 Å². The highest BCUT2D eigenvalue weighted by molar-refractivity contribution is 5.86. The Morgan fingerprint density at radius 3 is 2.49 bits per heavy atom. The van der Waals surface area contributed by atoms with Crippen LogP contribution in [0.15, 0.2) is 54.7 Å². The first-order chi connectivity index (χ1) is 18.7. The molecular formula is C31H38F3N3O2. The van der Waals surface area contributed by atoms with Gasteiger partial charge in [0, 0.05) is 48.1 Å². The lowest BCUT2D eigenvalue weighted by molar-refractivity contribution is -0.274. The number of aromatic nitrogens is 1. The Bertz CT molecular complexity index is 1260. The maximum absolute atomic E-state index is 13.4. The van der Waals surface area contributed by atoms with Crippen molar-refractivity contribution in [2.75, 3.05) is 0 Å². The number of nitrogens with zero attached hydrogens (tertiary/aromatic N) is 1. The summed E-state index contributed by atoms with van der Waals surface area (Å²) in [6, 6.07) is 14.4. The molecule has 0 bridgehead atoms. The van der Waals surface area contributed by atoms with Gasteiger partial charge in [-0.15, -0.1) is 13.2 Å². The Balaban J connectivity index is 1.48. The van der Waals surface area contributed by atoms with Gasteiger partial charge in [0.1, 0.15) is 5.75 Å². The van der Waals surface area contributed by atoms with Gasteiger partial charge < -0.3 is 20.4 Å². The first-order valence-electron chi connectivity index (χ1n) is 14.2. The summed E-state index contributed by atoms with van der Waals surface area (Å²) < 4.78 is 45.6. The van der Waals surface area contributed by atoms with Crippen LogP contribution in [0.25, 0.3) is 10.9 Å². The molecular weight excluding hydrogens is 503 g/mol. The highest BCUT2D eigenvalue weighted by Crippen LogP contribution is 2.38. The van der Waals surface area contributed by atoms with Crippen LogP contribution in [0, 0.1) is 5.92 Å². The van der Waals surface area contributed by atoms with Crippen molar-refractivity contribution in [3.05, 3.63) is 65.9 Å². The van der Waals surface area contributed by atoms with E-state index in [1.54, 1.807) is 12.1 Å². The first-order valence-corrected chi connectivity index (χ1v) is 14.2. The molecule has 210 valence electrons. The number of nitrogens with one attached hydrogen (secondary N) is 1. The van der Waals surface area contributed by atoms with E-state index in [0.29, 0.717) is 11.5 Å². The summed E-state index contributed by atoms with van der Waals surface area (Å²) in [5, 5.41) is 4.20. The normalized spacial score (nSPS) is 21.5. The molecule has 1 amide bonds. The SMILES string of the molecule is NC1CCC(NC(=O)CC(c2cccc(OC(F)(F)F)c2)c2cn(CC3CCCCC3)c3ccccc23)CC1. The third kappa shape index (κ3) is 7.15. The van der Waals surface area contributed by atoms with Gasteiger partial charge in [-0.25, -0.2) is 0 Å². The topological polar surface area (TPSA) is 69.3 Å².